The van der Waals surface area contributed by atoms with Gasteiger partial charge in [0.2, 0.25) is 5.91 Å². The Labute approximate surface area is 95.9 Å². The molecule has 0 aliphatic carbocycles. The van der Waals surface area contributed by atoms with Gasteiger partial charge < -0.3 is 4.90 Å². The van der Waals surface area contributed by atoms with Gasteiger partial charge in [0.15, 0.2) is 0 Å². The third-order valence-corrected chi connectivity index (χ3v) is 2.49. The fourth-order valence-electron chi connectivity index (χ4n) is 0.981. The highest BCUT2D eigenvalue weighted by molar-refractivity contribution is 9.09. The summed E-state index contributed by atoms with van der Waals surface area (Å²) < 4.78 is 35.5. The predicted octanol–water partition coefficient (Wildman–Crippen LogP) is 2.96. The molecule has 0 radical (unpaired) electrons. The molecule has 0 bridgehead atoms. The third-order valence-electron chi connectivity index (χ3n) is 1.93. The lowest BCUT2D eigenvalue weighted by Crippen LogP contribution is -2.30. The normalized spacial score (nSPS) is 11.5. The Morgan fingerprint density at radius 1 is 1.33 bits per heavy atom. The van der Waals surface area contributed by atoms with E-state index in [2.05, 4.69) is 15.9 Å². The van der Waals surface area contributed by atoms with Crippen LogP contribution in [0, 0.1) is 0 Å². The number of alkyl halides is 4. The number of unbranched alkanes of at least 4 members (excludes halogenated alkanes) is 1. The zero-order valence-corrected chi connectivity index (χ0v) is 10.2. The Morgan fingerprint density at radius 3 is 2.40 bits per heavy atom. The number of amides is 1. The van der Waals surface area contributed by atoms with Gasteiger partial charge in [0.1, 0.15) is 0 Å². The Balaban J connectivity index is 3.70. The van der Waals surface area contributed by atoms with Crippen LogP contribution in [0.3, 0.4) is 0 Å². The van der Waals surface area contributed by atoms with Crippen molar-refractivity contribution in [3.05, 3.63) is 0 Å². The first-order valence-corrected chi connectivity index (χ1v) is 5.85. The maximum atomic E-state index is 11.8. The molecule has 0 aromatic carbocycles. The predicted molar refractivity (Wildman–Crippen MR) is 56.0 cm³/mol. The average molecular weight is 290 g/mol. The van der Waals surface area contributed by atoms with Crippen molar-refractivity contribution >= 4 is 21.8 Å². The van der Waals surface area contributed by atoms with Gasteiger partial charge >= 0.3 is 6.18 Å². The third kappa shape index (κ3) is 8.72. The summed E-state index contributed by atoms with van der Waals surface area (Å²) in [5.41, 5.74) is 0. The smallest absolute Gasteiger partial charge is 0.345 e. The van der Waals surface area contributed by atoms with Crippen LogP contribution in [0.1, 0.15) is 25.7 Å². The second-order valence-electron chi connectivity index (χ2n) is 3.33. The number of hydrogen-bond acceptors (Lipinski definition) is 1. The Morgan fingerprint density at radius 2 is 1.93 bits per heavy atom. The second kappa shape index (κ2) is 7.09. The van der Waals surface area contributed by atoms with Crippen LogP contribution in [0.4, 0.5) is 13.2 Å². The molecule has 90 valence electrons. The zero-order chi connectivity index (χ0) is 11.9. The number of carbonyl (C=O) groups excluding carboxylic acids is 1. The van der Waals surface area contributed by atoms with Gasteiger partial charge in [-0.3, -0.25) is 4.79 Å². The minimum atomic E-state index is -4.19. The number of carbonyl (C=O) groups is 1. The maximum Gasteiger partial charge on any atom is 0.390 e. The first kappa shape index (κ1) is 14.7. The second-order valence-corrected chi connectivity index (χ2v) is 4.12. The average Bonchev–Trinajstić information content (AvgIpc) is 2.13. The zero-order valence-electron chi connectivity index (χ0n) is 8.61. The summed E-state index contributed by atoms with van der Waals surface area (Å²) in [5, 5.41) is 0.812. The monoisotopic (exact) mass is 289 g/mol. The molecule has 0 aromatic rings. The van der Waals surface area contributed by atoms with Crippen LogP contribution in [0.5, 0.6) is 0 Å². The van der Waals surface area contributed by atoms with E-state index in [0.717, 1.165) is 16.7 Å². The van der Waals surface area contributed by atoms with E-state index >= 15 is 0 Å². The minimum Gasteiger partial charge on any atom is -0.345 e. The van der Waals surface area contributed by atoms with E-state index in [1.54, 1.807) is 0 Å². The first-order chi connectivity index (χ1) is 6.87. The van der Waals surface area contributed by atoms with Crippen LogP contribution in [0.2, 0.25) is 0 Å². The van der Waals surface area contributed by atoms with Crippen LogP contribution < -0.4 is 0 Å². The molecule has 6 heteroatoms. The minimum absolute atomic E-state index is 0.222. The lowest BCUT2D eigenvalue weighted by atomic mass is 10.2. The van der Waals surface area contributed by atoms with E-state index in [1.807, 2.05) is 0 Å². The first-order valence-electron chi connectivity index (χ1n) is 4.73. The fourth-order valence-corrected chi connectivity index (χ4v) is 1.38. The topological polar surface area (TPSA) is 20.3 Å². The number of rotatable bonds is 6. The van der Waals surface area contributed by atoms with Gasteiger partial charge in [-0.05, 0) is 12.8 Å². The molecule has 0 unspecified atom stereocenters. The van der Waals surface area contributed by atoms with Gasteiger partial charge in [0.05, 0.1) is 6.42 Å². The summed E-state index contributed by atoms with van der Waals surface area (Å²) in [7, 11) is 1.40. The van der Waals surface area contributed by atoms with Crippen molar-refractivity contribution in [2.24, 2.45) is 0 Å². The fraction of sp³-hybridized carbons (Fsp3) is 0.889. The molecule has 0 aromatic heterocycles. The molecule has 15 heavy (non-hydrogen) atoms. The van der Waals surface area contributed by atoms with Crippen LogP contribution in [0.15, 0.2) is 0 Å². The molecule has 0 atom stereocenters. The van der Waals surface area contributed by atoms with Crippen LogP contribution in [0.25, 0.3) is 0 Å². The van der Waals surface area contributed by atoms with Crippen molar-refractivity contribution < 1.29 is 18.0 Å². The standard InChI is InChI=1S/C9H15BrF3NO/c1-14(7-5-9(11,12)13)8(15)4-2-3-6-10/h2-7H2,1H3. The van der Waals surface area contributed by atoms with Crippen molar-refractivity contribution in [1.82, 2.24) is 4.90 Å². The molecule has 0 aliphatic heterocycles. The van der Waals surface area contributed by atoms with Gasteiger partial charge in [-0.25, -0.2) is 0 Å². The Hall–Kier alpha value is -0.260. The van der Waals surface area contributed by atoms with Crippen molar-refractivity contribution in [2.45, 2.75) is 31.9 Å². The summed E-state index contributed by atoms with van der Waals surface area (Å²) >= 11 is 3.22. The maximum absolute atomic E-state index is 11.8. The molecule has 0 aliphatic rings. The molecule has 0 rings (SSSR count). The van der Waals surface area contributed by atoms with Crippen LogP contribution in [-0.4, -0.2) is 35.9 Å². The van der Waals surface area contributed by atoms with Crippen LogP contribution >= 0.6 is 15.9 Å². The SMILES string of the molecule is CN(CCC(F)(F)F)C(=O)CCCCBr. The quantitative estimate of drug-likeness (QED) is 0.544. The molecule has 0 N–H and O–H groups in total. The van der Waals surface area contributed by atoms with E-state index in [0.29, 0.717) is 12.8 Å². The number of nitrogens with zero attached hydrogens (tertiary/aromatic N) is 1. The van der Waals surface area contributed by atoms with Crippen LogP contribution in [-0.2, 0) is 4.79 Å². The highest BCUT2D eigenvalue weighted by atomic mass is 79.9. The summed E-state index contributed by atoms with van der Waals surface area (Å²) in [6.45, 7) is -0.253. The highest BCUT2D eigenvalue weighted by Crippen LogP contribution is 2.19. The summed E-state index contributed by atoms with van der Waals surface area (Å²) in [5.74, 6) is -0.222. The molecular formula is C9H15BrF3NO. The molecular weight excluding hydrogens is 275 g/mol. The van der Waals surface area contributed by atoms with E-state index in [4.69, 9.17) is 0 Å². The van der Waals surface area contributed by atoms with Gasteiger partial charge in [-0.2, -0.15) is 13.2 Å². The van der Waals surface area contributed by atoms with E-state index in [1.165, 1.54) is 7.05 Å². The highest BCUT2D eigenvalue weighted by Gasteiger charge is 2.27. The summed E-state index contributed by atoms with van der Waals surface area (Å²) in [6.07, 6.45) is -3.24. The molecule has 0 fully saturated rings. The van der Waals surface area contributed by atoms with Gasteiger partial charge in [0.25, 0.3) is 0 Å². The molecule has 1 amide bonds. The van der Waals surface area contributed by atoms with Crippen molar-refractivity contribution in [3.8, 4) is 0 Å². The van der Waals surface area contributed by atoms with E-state index < -0.39 is 12.6 Å². The van der Waals surface area contributed by atoms with E-state index in [9.17, 15) is 18.0 Å². The molecule has 0 saturated heterocycles. The molecule has 0 saturated carbocycles. The van der Waals surface area contributed by atoms with Gasteiger partial charge in [-0.15, -0.1) is 0 Å². The van der Waals surface area contributed by atoms with Gasteiger partial charge in [0, 0.05) is 25.3 Å². The molecule has 0 spiro atoms. The van der Waals surface area contributed by atoms with E-state index in [-0.39, 0.29) is 12.5 Å². The molecule has 0 heterocycles. The molecule has 2 nitrogen and oxygen atoms in total. The lowest BCUT2D eigenvalue weighted by Gasteiger charge is -2.17. The largest absolute Gasteiger partial charge is 0.390 e. The number of halogens is 4. The van der Waals surface area contributed by atoms with Crippen molar-refractivity contribution in [1.29, 1.82) is 0 Å². The van der Waals surface area contributed by atoms with Crippen molar-refractivity contribution in [2.75, 3.05) is 18.9 Å². The number of hydrogen-bond donors (Lipinski definition) is 0. The Kier molecular flexibility index (Phi) is 6.96. The summed E-state index contributed by atoms with van der Waals surface area (Å²) in [6, 6.07) is 0. The lowest BCUT2D eigenvalue weighted by molar-refractivity contribution is -0.144. The van der Waals surface area contributed by atoms with Gasteiger partial charge in [-0.1, -0.05) is 15.9 Å². The van der Waals surface area contributed by atoms with Crippen molar-refractivity contribution in [3.63, 3.8) is 0 Å². The Bertz CT molecular complexity index is 196. The summed E-state index contributed by atoms with van der Waals surface area (Å²) in [4.78, 5) is 12.4.